The van der Waals surface area contributed by atoms with Crippen LogP contribution >= 0.6 is 12.4 Å². The first-order valence-corrected chi connectivity index (χ1v) is 6.72. The minimum atomic E-state index is 0. The molecule has 0 unspecified atom stereocenters. The zero-order valence-electron chi connectivity index (χ0n) is 12.8. The molecule has 0 saturated carbocycles. The van der Waals surface area contributed by atoms with Gasteiger partial charge in [-0.25, -0.2) is 9.98 Å². The lowest BCUT2D eigenvalue weighted by atomic mass is 10.3. The predicted molar refractivity (Wildman–Crippen MR) is 89.6 cm³/mol. The minimum absolute atomic E-state index is 0. The Hall–Kier alpha value is -1.75. The molecule has 0 aliphatic rings. The second-order valence-corrected chi connectivity index (χ2v) is 4.43. The van der Waals surface area contributed by atoms with Crippen molar-refractivity contribution < 1.29 is 0 Å². The molecule has 21 heavy (non-hydrogen) atoms. The van der Waals surface area contributed by atoms with Crippen LogP contribution in [0.15, 0.2) is 34.3 Å². The third kappa shape index (κ3) is 8.92. The number of para-hydroxylation sites is 2. The number of hydrogen-bond donors (Lipinski definition) is 1. The van der Waals surface area contributed by atoms with Crippen molar-refractivity contribution in [2.24, 2.45) is 9.98 Å². The van der Waals surface area contributed by atoms with Crippen molar-refractivity contribution in [3.8, 4) is 0 Å². The van der Waals surface area contributed by atoms with Gasteiger partial charge >= 0.3 is 0 Å². The van der Waals surface area contributed by atoms with Crippen molar-refractivity contribution in [3.63, 3.8) is 0 Å². The number of benzene rings is 1. The highest BCUT2D eigenvalue weighted by molar-refractivity contribution is 5.85. The zero-order valence-corrected chi connectivity index (χ0v) is 13.6. The topological polar surface area (TPSA) is 69.5 Å². The zero-order chi connectivity index (χ0) is 14.6. The molecule has 2 rings (SSSR count). The summed E-state index contributed by atoms with van der Waals surface area (Å²) in [7, 11) is 4.12. The summed E-state index contributed by atoms with van der Waals surface area (Å²) < 4.78 is 0. The van der Waals surface area contributed by atoms with E-state index in [1.54, 1.807) is 0 Å². The number of H-pyrrole nitrogens is 1. The molecule has 0 amide bonds. The third-order valence-corrected chi connectivity index (χ3v) is 2.40. The van der Waals surface area contributed by atoms with E-state index in [9.17, 15) is 0 Å². The molecule has 1 heterocycles. The van der Waals surface area contributed by atoms with Crippen LogP contribution in [0.25, 0.3) is 11.0 Å². The van der Waals surface area contributed by atoms with Crippen LogP contribution in [0.4, 0.5) is 0 Å². The van der Waals surface area contributed by atoms with Crippen LogP contribution in [0.1, 0.15) is 13.3 Å². The molecule has 0 aliphatic heterocycles. The highest BCUT2D eigenvalue weighted by Crippen LogP contribution is 2.03. The van der Waals surface area contributed by atoms with Gasteiger partial charge in [0.25, 0.3) is 0 Å². The number of rotatable bonds is 5. The number of aromatic amines is 1. The minimum Gasteiger partial charge on any atom is -0.309 e. The molecule has 7 heteroatoms. The molecule has 0 aliphatic carbocycles. The number of nitrogens with one attached hydrogen (secondary N) is 1. The number of nitrogens with zero attached hydrogens (tertiary/aromatic N) is 5. The quantitative estimate of drug-likeness (QED) is 0.681. The van der Waals surface area contributed by atoms with Crippen molar-refractivity contribution in [3.05, 3.63) is 24.3 Å². The van der Waals surface area contributed by atoms with E-state index < -0.39 is 0 Å². The number of fused-ring (bicyclic) bond motifs is 1. The summed E-state index contributed by atoms with van der Waals surface area (Å²) in [4.78, 5) is 9.99. The van der Waals surface area contributed by atoms with Gasteiger partial charge in [-0.2, -0.15) is 15.4 Å². The van der Waals surface area contributed by atoms with Gasteiger partial charge in [0.2, 0.25) is 0 Å². The first-order chi connectivity index (χ1) is 9.74. The van der Waals surface area contributed by atoms with Gasteiger partial charge in [-0.1, -0.05) is 12.1 Å². The lowest BCUT2D eigenvalue weighted by Gasteiger charge is -2.05. The van der Waals surface area contributed by atoms with Crippen molar-refractivity contribution in [1.82, 2.24) is 20.3 Å². The van der Waals surface area contributed by atoms with E-state index in [1.807, 2.05) is 31.2 Å². The van der Waals surface area contributed by atoms with E-state index in [0.29, 0.717) is 0 Å². The molecule has 1 aromatic carbocycles. The Morgan fingerprint density at radius 2 is 1.76 bits per heavy atom. The van der Waals surface area contributed by atoms with E-state index in [0.717, 1.165) is 37.1 Å². The molecule has 0 radical (unpaired) electrons. The number of hydrogen-bond acceptors (Lipinski definition) is 5. The molecule has 0 fully saturated rings. The molecule has 0 saturated heterocycles. The molecule has 2 aromatic rings. The van der Waals surface area contributed by atoms with Crippen molar-refractivity contribution >= 4 is 29.4 Å². The monoisotopic (exact) mass is 310 g/mol. The molecule has 0 atom stereocenters. The van der Waals surface area contributed by atoms with E-state index in [4.69, 9.17) is 0 Å². The van der Waals surface area contributed by atoms with Gasteiger partial charge < -0.3 is 4.90 Å². The molecule has 0 spiro atoms. The van der Waals surface area contributed by atoms with E-state index in [1.165, 1.54) is 0 Å². The van der Waals surface area contributed by atoms with Gasteiger partial charge in [0.05, 0.1) is 12.6 Å². The van der Waals surface area contributed by atoms with Crippen LogP contribution in [0.5, 0.6) is 0 Å². The number of halogens is 1. The van der Waals surface area contributed by atoms with Crippen molar-refractivity contribution in [2.45, 2.75) is 13.3 Å². The Balaban J connectivity index is 0.000000367. The number of aromatic nitrogens is 3. The fourth-order valence-corrected chi connectivity index (χ4v) is 1.42. The third-order valence-electron chi connectivity index (χ3n) is 2.40. The Morgan fingerprint density at radius 1 is 1.14 bits per heavy atom. The van der Waals surface area contributed by atoms with Crippen LogP contribution in [0, 0.1) is 0 Å². The Labute approximate surface area is 131 Å². The molecular formula is C14H23ClN6. The Bertz CT molecular complexity index is 515. The first-order valence-electron chi connectivity index (χ1n) is 6.72. The molecule has 116 valence electrons. The Kier molecular flexibility index (Phi) is 11.0. The van der Waals surface area contributed by atoms with Gasteiger partial charge in [0, 0.05) is 6.54 Å². The van der Waals surface area contributed by atoms with Gasteiger partial charge in [-0.15, -0.1) is 12.4 Å². The SMILES string of the molecule is CCN=C=NCCCN(C)C.Cl.c1ccc2n[nH]nc2c1. The van der Waals surface area contributed by atoms with Crippen LogP contribution in [0.3, 0.4) is 0 Å². The molecule has 1 N–H and O–H groups in total. The highest BCUT2D eigenvalue weighted by Gasteiger charge is 1.90. The largest absolute Gasteiger partial charge is 0.309 e. The van der Waals surface area contributed by atoms with Gasteiger partial charge in [0.1, 0.15) is 11.0 Å². The lowest BCUT2D eigenvalue weighted by molar-refractivity contribution is 0.403. The summed E-state index contributed by atoms with van der Waals surface area (Å²) in [6.07, 6.45) is 1.08. The smallest absolute Gasteiger partial charge is 0.112 e. The van der Waals surface area contributed by atoms with Crippen molar-refractivity contribution in [2.75, 3.05) is 33.7 Å². The maximum atomic E-state index is 3.99. The van der Waals surface area contributed by atoms with Crippen LogP contribution in [-0.2, 0) is 0 Å². The number of aliphatic imine (C=N–C) groups is 2. The van der Waals surface area contributed by atoms with E-state index in [2.05, 4.69) is 50.4 Å². The standard InChI is InChI=1S/C8H17N3.C6H5N3.ClH/c1-4-9-8-10-6-5-7-11(2)3;1-2-4-6-5(3-1)7-9-8-6;/h4-7H2,1-3H3;1-4H,(H,7,8,9);1H. The molecule has 0 bridgehead atoms. The fraction of sp³-hybridized carbons (Fsp3) is 0.500. The van der Waals surface area contributed by atoms with Crippen LogP contribution in [0.2, 0.25) is 0 Å². The van der Waals surface area contributed by atoms with Gasteiger partial charge in [-0.3, -0.25) is 0 Å². The Morgan fingerprint density at radius 3 is 2.29 bits per heavy atom. The molecular weight excluding hydrogens is 288 g/mol. The fourth-order valence-electron chi connectivity index (χ4n) is 1.42. The molecule has 1 aromatic heterocycles. The maximum Gasteiger partial charge on any atom is 0.112 e. The summed E-state index contributed by atoms with van der Waals surface area (Å²) in [5.41, 5.74) is 1.83. The summed E-state index contributed by atoms with van der Waals surface area (Å²) in [5.74, 6) is 0. The summed E-state index contributed by atoms with van der Waals surface area (Å²) >= 11 is 0. The highest BCUT2D eigenvalue weighted by atomic mass is 35.5. The summed E-state index contributed by atoms with van der Waals surface area (Å²) in [6.45, 7) is 4.67. The van der Waals surface area contributed by atoms with Gasteiger partial charge in [0.15, 0.2) is 0 Å². The predicted octanol–water partition coefficient (Wildman–Crippen LogP) is 2.51. The second-order valence-electron chi connectivity index (χ2n) is 4.43. The second kappa shape index (κ2) is 12.0. The normalized spacial score (nSPS) is 9.33. The lowest BCUT2D eigenvalue weighted by Crippen LogP contribution is -2.13. The average Bonchev–Trinajstić information content (AvgIpc) is 2.91. The van der Waals surface area contributed by atoms with E-state index >= 15 is 0 Å². The van der Waals surface area contributed by atoms with Crippen molar-refractivity contribution in [1.29, 1.82) is 0 Å². The van der Waals surface area contributed by atoms with Gasteiger partial charge in [-0.05, 0) is 46.1 Å². The van der Waals surface area contributed by atoms with Crippen LogP contribution in [-0.4, -0.2) is 60.0 Å². The first kappa shape index (κ1) is 19.2. The van der Waals surface area contributed by atoms with Crippen LogP contribution < -0.4 is 0 Å². The summed E-state index contributed by atoms with van der Waals surface area (Å²) in [6, 6.07) is 10.3. The van der Waals surface area contributed by atoms with E-state index in [-0.39, 0.29) is 12.4 Å². The maximum absolute atomic E-state index is 3.99. The molecule has 6 nitrogen and oxygen atoms in total. The average molecular weight is 311 g/mol. The summed E-state index contributed by atoms with van der Waals surface area (Å²) in [5, 5.41) is 10.3.